The SMILES string of the molecule is O=C(NCCCOc1cccc2cccnc12)c1cc2c(F)cccc2[nH]1. The lowest BCUT2D eigenvalue weighted by Crippen LogP contribution is -2.25. The molecule has 0 bridgehead atoms. The number of fused-ring (bicyclic) bond motifs is 2. The van der Waals surface area contributed by atoms with Crippen molar-refractivity contribution in [3.05, 3.63) is 72.3 Å². The van der Waals surface area contributed by atoms with E-state index in [-0.39, 0.29) is 11.7 Å². The van der Waals surface area contributed by atoms with Gasteiger partial charge >= 0.3 is 0 Å². The van der Waals surface area contributed by atoms with Crippen LogP contribution < -0.4 is 10.1 Å². The average Bonchev–Trinajstić information content (AvgIpc) is 3.14. The largest absolute Gasteiger partial charge is 0.491 e. The van der Waals surface area contributed by atoms with Gasteiger partial charge in [-0.2, -0.15) is 0 Å². The maximum absolute atomic E-state index is 13.7. The van der Waals surface area contributed by atoms with Crippen molar-refractivity contribution in [1.82, 2.24) is 15.3 Å². The van der Waals surface area contributed by atoms with Crippen molar-refractivity contribution in [2.24, 2.45) is 0 Å². The highest BCUT2D eigenvalue weighted by Gasteiger charge is 2.11. The summed E-state index contributed by atoms with van der Waals surface area (Å²) in [7, 11) is 0. The van der Waals surface area contributed by atoms with Crippen LogP contribution in [0.15, 0.2) is 60.8 Å². The molecule has 2 heterocycles. The fourth-order valence-electron chi connectivity index (χ4n) is 2.98. The van der Waals surface area contributed by atoms with Gasteiger partial charge in [0.2, 0.25) is 0 Å². The first kappa shape index (κ1) is 17.0. The van der Waals surface area contributed by atoms with E-state index in [1.165, 1.54) is 12.1 Å². The van der Waals surface area contributed by atoms with Gasteiger partial charge in [0, 0.05) is 29.0 Å². The number of aromatic amines is 1. The second kappa shape index (κ2) is 7.45. The molecule has 0 atom stereocenters. The van der Waals surface area contributed by atoms with Gasteiger partial charge in [-0.15, -0.1) is 0 Å². The van der Waals surface area contributed by atoms with Crippen molar-refractivity contribution in [2.45, 2.75) is 6.42 Å². The number of pyridine rings is 1. The van der Waals surface area contributed by atoms with Crippen molar-refractivity contribution >= 4 is 27.7 Å². The van der Waals surface area contributed by atoms with Crippen molar-refractivity contribution in [3.8, 4) is 5.75 Å². The third-order valence-electron chi connectivity index (χ3n) is 4.32. The Morgan fingerprint density at radius 1 is 1.15 bits per heavy atom. The lowest BCUT2D eigenvalue weighted by atomic mass is 10.2. The summed E-state index contributed by atoms with van der Waals surface area (Å²) in [5.74, 6) is 0.114. The van der Waals surface area contributed by atoms with Crippen LogP contribution >= 0.6 is 0 Å². The summed E-state index contributed by atoms with van der Waals surface area (Å²) in [4.78, 5) is 19.5. The molecule has 27 heavy (non-hydrogen) atoms. The molecule has 2 aromatic carbocycles. The van der Waals surface area contributed by atoms with Gasteiger partial charge in [0.15, 0.2) is 0 Å². The van der Waals surface area contributed by atoms with E-state index in [9.17, 15) is 9.18 Å². The van der Waals surface area contributed by atoms with Crippen molar-refractivity contribution in [2.75, 3.05) is 13.2 Å². The van der Waals surface area contributed by atoms with Crippen LogP contribution in [-0.2, 0) is 0 Å². The van der Waals surface area contributed by atoms with Crippen LogP contribution in [0.5, 0.6) is 5.75 Å². The highest BCUT2D eigenvalue weighted by Crippen LogP contribution is 2.23. The minimum atomic E-state index is -0.347. The molecule has 136 valence electrons. The number of carbonyl (C=O) groups excluding carboxylic acids is 1. The first-order valence-electron chi connectivity index (χ1n) is 8.74. The number of ether oxygens (including phenoxy) is 1. The van der Waals surface area contributed by atoms with E-state index in [0.29, 0.717) is 36.2 Å². The van der Waals surface area contributed by atoms with Gasteiger partial charge in [-0.05, 0) is 36.8 Å². The summed E-state index contributed by atoms with van der Waals surface area (Å²) in [6.45, 7) is 0.909. The molecular weight excluding hydrogens is 345 g/mol. The zero-order valence-corrected chi connectivity index (χ0v) is 14.5. The fraction of sp³-hybridized carbons (Fsp3) is 0.143. The molecule has 0 fully saturated rings. The first-order chi connectivity index (χ1) is 13.2. The molecule has 0 spiro atoms. The van der Waals surface area contributed by atoms with Gasteiger partial charge in [-0.3, -0.25) is 9.78 Å². The number of aromatic nitrogens is 2. The molecule has 0 aliphatic heterocycles. The van der Waals surface area contributed by atoms with E-state index in [4.69, 9.17) is 4.74 Å². The number of rotatable bonds is 6. The van der Waals surface area contributed by atoms with Gasteiger partial charge in [0.25, 0.3) is 5.91 Å². The number of nitrogens with one attached hydrogen (secondary N) is 2. The number of para-hydroxylation sites is 1. The minimum absolute atomic E-state index is 0.266. The topological polar surface area (TPSA) is 67.0 Å². The van der Waals surface area contributed by atoms with Gasteiger partial charge in [-0.1, -0.05) is 24.3 Å². The predicted molar refractivity (Wildman–Crippen MR) is 102 cm³/mol. The fourth-order valence-corrected chi connectivity index (χ4v) is 2.98. The summed E-state index contributed by atoms with van der Waals surface area (Å²) in [6, 6.07) is 15.9. The van der Waals surface area contributed by atoms with Gasteiger partial charge in [0.05, 0.1) is 6.61 Å². The van der Waals surface area contributed by atoms with Crippen LogP contribution in [0, 0.1) is 5.82 Å². The summed E-state index contributed by atoms with van der Waals surface area (Å²) in [5.41, 5.74) is 1.77. The van der Waals surface area contributed by atoms with Crippen molar-refractivity contribution in [3.63, 3.8) is 0 Å². The highest BCUT2D eigenvalue weighted by atomic mass is 19.1. The van der Waals surface area contributed by atoms with Crippen molar-refractivity contribution in [1.29, 1.82) is 0 Å². The normalized spacial score (nSPS) is 11.0. The molecule has 0 aliphatic carbocycles. The molecule has 0 aliphatic rings. The Morgan fingerprint density at radius 3 is 2.89 bits per heavy atom. The zero-order valence-electron chi connectivity index (χ0n) is 14.5. The van der Waals surface area contributed by atoms with Crippen LogP contribution in [-0.4, -0.2) is 29.0 Å². The molecule has 4 rings (SSSR count). The molecular formula is C21H18FN3O2. The highest BCUT2D eigenvalue weighted by molar-refractivity contribution is 5.98. The van der Waals surface area contributed by atoms with E-state index < -0.39 is 0 Å². The van der Waals surface area contributed by atoms with E-state index in [1.54, 1.807) is 18.3 Å². The van der Waals surface area contributed by atoms with Crippen LogP contribution in [0.2, 0.25) is 0 Å². The molecule has 2 N–H and O–H groups in total. The van der Waals surface area contributed by atoms with E-state index in [0.717, 1.165) is 16.7 Å². The van der Waals surface area contributed by atoms with Crippen LogP contribution in [0.25, 0.3) is 21.8 Å². The first-order valence-corrected chi connectivity index (χ1v) is 8.74. The number of hydrogen-bond donors (Lipinski definition) is 2. The molecule has 5 nitrogen and oxygen atoms in total. The molecule has 4 aromatic rings. The maximum Gasteiger partial charge on any atom is 0.267 e. The van der Waals surface area contributed by atoms with E-state index >= 15 is 0 Å². The minimum Gasteiger partial charge on any atom is -0.491 e. The molecule has 1 amide bonds. The molecule has 0 saturated carbocycles. The predicted octanol–water partition coefficient (Wildman–Crippen LogP) is 4.05. The zero-order chi connectivity index (χ0) is 18.6. The number of amides is 1. The number of halogens is 1. The number of nitrogens with zero attached hydrogens (tertiary/aromatic N) is 1. The van der Waals surface area contributed by atoms with Gasteiger partial charge < -0.3 is 15.0 Å². The van der Waals surface area contributed by atoms with Gasteiger partial charge in [0.1, 0.15) is 22.8 Å². The number of carbonyl (C=O) groups is 1. The summed E-state index contributed by atoms with van der Waals surface area (Å²) in [5, 5.41) is 4.25. The quantitative estimate of drug-likeness (QED) is 0.508. The molecule has 6 heteroatoms. The lowest BCUT2D eigenvalue weighted by Gasteiger charge is -2.09. The summed E-state index contributed by atoms with van der Waals surface area (Å²) in [6.07, 6.45) is 2.38. The Morgan fingerprint density at radius 2 is 2.00 bits per heavy atom. The second-order valence-corrected chi connectivity index (χ2v) is 6.17. The van der Waals surface area contributed by atoms with Crippen LogP contribution in [0.4, 0.5) is 4.39 Å². The van der Waals surface area contributed by atoms with Crippen LogP contribution in [0.1, 0.15) is 16.9 Å². The maximum atomic E-state index is 13.7. The summed E-state index contributed by atoms with van der Waals surface area (Å²) >= 11 is 0. The van der Waals surface area contributed by atoms with Crippen LogP contribution in [0.3, 0.4) is 0 Å². The average molecular weight is 363 g/mol. The molecule has 0 saturated heterocycles. The molecule has 2 aromatic heterocycles. The monoisotopic (exact) mass is 363 g/mol. The number of benzene rings is 2. The van der Waals surface area contributed by atoms with Crippen molar-refractivity contribution < 1.29 is 13.9 Å². The van der Waals surface area contributed by atoms with E-state index in [1.807, 2.05) is 30.3 Å². The third kappa shape index (κ3) is 3.60. The second-order valence-electron chi connectivity index (χ2n) is 6.17. The Hall–Kier alpha value is -3.41. The smallest absolute Gasteiger partial charge is 0.267 e. The van der Waals surface area contributed by atoms with E-state index in [2.05, 4.69) is 15.3 Å². The lowest BCUT2D eigenvalue weighted by molar-refractivity contribution is 0.0947. The Kier molecular flexibility index (Phi) is 4.70. The molecule has 0 unspecified atom stereocenters. The Balaban J connectivity index is 1.30. The molecule has 0 radical (unpaired) electrons. The number of hydrogen-bond acceptors (Lipinski definition) is 3. The Bertz CT molecular complexity index is 1100. The Labute approximate surface area is 155 Å². The number of H-pyrrole nitrogens is 1. The summed E-state index contributed by atoms with van der Waals surface area (Å²) < 4.78 is 19.5. The third-order valence-corrected chi connectivity index (χ3v) is 4.32. The standard InChI is InChI=1S/C21H18FN3O2/c22-16-7-2-8-17-15(16)13-18(25-17)21(26)24-11-4-12-27-19-9-1-5-14-6-3-10-23-20(14)19/h1-3,5-10,13,25H,4,11-12H2,(H,24,26). The van der Waals surface area contributed by atoms with Gasteiger partial charge in [-0.25, -0.2) is 4.39 Å².